The van der Waals surface area contributed by atoms with Crippen LogP contribution in [-0.2, 0) is 6.42 Å². The number of rotatable bonds is 4. The Morgan fingerprint density at radius 1 is 1.14 bits per heavy atom. The Balaban J connectivity index is 1.87. The molecule has 0 heterocycles. The molecule has 21 heavy (non-hydrogen) atoms. The van der Waals surface area contributed by atoms with Gasteiger partial charge in [0.1, 0.15) is 5.82 Å². The zero-order valence-corrected chi connectivity index (χ0v) is 12.5. The van der Waals surface area contributed by atoms with Crippen LogP contribution in [0.2, 0.25) is 5.02 Å². The lowest BCUT2D eigenvalue weighted by Gasteiger charge is -2.29. The maximum atomic E-state index is 13.9. The molecule has 1 unspecified atom stereocenters. The van der Waals surface area contributed by atoms with Crippen molar-refractivity contribution in [3.8, 4) is 0 Å². The SMILES string of the molecule is OC(Cc1c(F)cccc1Cl)c1ccccc1C1CCC1. The van der Waals surface area contributed by atoms with Crippen molar-refractivity contribution < 1.29 is 9.50 Å². The van der Waals surface area contributed by atoms with Crippen LogP contribution in [0.25, 0.3) is 0 Å². The minimum absolute atomic E-state index is 0.204. The van der Waals surface area contributed by atoms with Gasteiger partial charge in [0.15, 0.2) is 0 Å². The van der Waals surface area contributed by atoms with Gasteiger partial charge in [0.25, 0.3) is 0 Å². The Morgan fingerprint density at radius 3 is 2.57 bits per heavy atom. The second-order valence-corrected chi connectivity index (χ2v) is 6.08. The Hall–Kier alpha value is -1.38. The fourth-order valence-electron chi connectivity index (χ4n) is 2.94. The zero-order chi connectivity index (χ0) is 14.8. The van der Waals surface area contributed by atoms with Crippen molar-refractivity contribution in [3.63, 3.8) is 0 Å². The predicted molar refractivity (Wildman–Crippen MR) is 83.1 cm³/mol. The van der Waals surface area contributed by atoms with Gasteiger partial charge in [-0.05, 0) is 42.0 Å². The maximum absolute atomic E-state index is 13.9. The normalized spacial score (nSPS) is 16.5. The van der Waals surface area contributed by atoms with Gasteiger partial charge in [0.05, 0.1) is 6.10 Å². The van der Waals surface area contributed by atoms with E-state index in [9.17, 15) is 9.50 Å². The van der Waals surface area contributed by atoms with E-state index >= 15 is 0 Å². The largest absolute Gasteiger partial charge is 0.388 e. The standard InChI is InChI=1S/C18H18ClFO/c19-16-9-4-10-17(20)15(16)11-18(21)14-8-2-1-7-13(14)12-5-3-6-12/h1-2,4,7-10,12,18,21H,3,5-6,11H2. The molecule has 0 amide bonds. The predicted octanol–water partition coefficient (Wildman–Crippen LogP) is 5.02. The van der Waals surface area contributed by atoms with Gasteiger partial charge in [0.2, 0.25) is 0 Å². The molecular weight excluding hydrogens is 287 g/mol. The van der Waals surface area contributed by atoms with Gasteiger partial charge in [-0.3, -0.25) is 0 Å². The molecule has 2 aromatic rings. The smallest absolute Gasteiger partial charge is 0.127 e. The molecule has 1 fully saturated rings. The zero-order valence-electron chi connectivity index (χ0n) is 11.7. The van der Waals surface area contributed by atoms with Crippen molar-refractivity contribution in [1.29, 1.82) is 0 Å². The van der Waals surface area contributed by atoms with Crippen LogP contribution in [0.4, 0.5) is 4.39 Å². The van der Waals surface area contributed by atoms with Crippen molar-refractivity contribution in [3.05, 3.63) is 70.0 Å². The minimum atomic E-state index is -0.726. The summed E-state index contributed by atoms with van der Waals surface area (Å²) in [6.07, 6.45) is 3.06. The van der Waals surface area contributed by atoms with Gasteiger partial charge in [-0.2, -0.15) is 0 Å². The fourth-order valence-corrected chi connectivity index (χ4v) is 3.18. The van der Waals surface area contributed by atoms with E-state index in [1.54, 1.807) is 12.1 Å². The molecule has 0 bridgehead atoms. The first-order valence-electron chi connectivity index (χ1n) is 7.36. The Kier molecular flexibility index (Phi) is 4.27. The number of benzene rings is 2. The van der Waals surface area contributed by atoms with Crippen LogP contribution in [0.5, 0.6) is 0 Å². The van der Waals surface area contributed by atoms with Crippen molar-refractivity contribution >= 4 is 11.6 Å². The third kappa shape index (κ3) is 2.97. The number of hydrogen-bond acceptors (Lipinski definition) is 1. The lowest BCUT2D eigenvalue weighted by molar-refractivity contribution is 0.174. The molecule has 1 saturated carbocycles. The molecule has 1 aliphatic rings. The molecule has 3 rings (SSSR count). The van der Waals surface area contributed by atoms with Crippen LogP contribution >= 0.6 is 11.6 Å². The fraction of sp³-hybridized carbons (Fsp3) is 0.333. The summed E-state index contributed by atoms with van der Waals surface area (Å²) in [5.74, 6) is 0.176. The average molecular weight is 305 g/mol. The molecule has 2 aromatic carbocycles. The van der Waals surface area contributed by atoms with Gasteiger partial charge < -0.3 is 5.11 Å². The van der Waals surface area contributed by atoms with Crippen LogP contribution in [-0.4, -0.2) is 5.11 Å². The van der Waals surface area contributed by atoms with E-state index in [1.165, 1.54) is 30.9 Å². The van der Waals surface area contributed by atoms with E-state index in [1.807, 2.05) is 18.2 Å². The lowest BCUT2D eigenvalue weighted by atomic mass is 9.77. The summed E-state index contributed by atoms with van der Waals surface area (Å²) in [5, 5.41) is 10.9. The number of halogens is 2. The summed E-state index contributed by atoms with van der Waals surface area (Å²) in [5.41, 5.74) is 2.49. The van der Waals surface area contributed by atoms with Crippen LogP contribution in [0.3, 0.4) is 0 Å². The third-order valence-corrected chi connectivity index (χ3v) is 4.71. The monoisotopic (exact) mass is 304 g/mol. The lowest BCUT2D eigenvalue weighted by Crippen LogP contribution is -2.14. The number of aliphatic hydroxyl groups is 1. The van der Waals surface area contributed by atoms with Crippen molar-refractivity contribution in [1.82, 2.24) is 0 Å². The molecular formula is C18H18ClFO. The van der Waals surface area contributed by atoms with E-state index in [-0.39, 0.29) is 12.2 Å². The van der Waals surface area contributed by atoms with Gasteiger partial charge in [-0.25, -0.2) is 4.39 Å². The second kappa shape index (κ2) is 6.17. The highest BCUT2D eigenvalue weighted by Crippen LogP contribution is 2.40. The molecule has 0 spiro atoms. The van der Waals surface area contributed by atoms with Crippen molar-refractivity contribution in [2.45, 2.75) is 37.7 Å². The van der Waals surface area contributed by atoms with E-state index in [4.69, 9.17) is 11.6 Å². The summed E-state index contributed by atoms with van der Waals surface area (Å²) in [7, 11) is 0. The Bertz CT molecular complexity index is 617. The molecule has 0 saturated heterocycles. The van der Waals surface area contributed by atoms with Crippen molar-refractivity contribution in [2.75, 3.05) is 0 Å². The average Bonchev–Trinajstić information content (AvgIpc) is 2.42. The van der Waals surface area contributed by atoms with Crippen LogP contribution in [0.1, 0.15) is 48.0 Å². The molecule has 0 radical (unpaired) electrons. The maximum Gasteiger partial charge on any atom is 0.127 e. The van der Waals surface area contributed by atoms with E-state index in [0.29, 0.717) is 16.5 Å². The molecule has 0 aromatic heterocycles. The quantitative estimate of drug-likeness (QED) is 0.840. The number of hydrogen-bond donors (Lipinski definition) is 1. The molecule has 3 heteroatoms. The first-order chi connectivity index (χ1) is 10.2. The van der Waals surface area contributed by atoms with E-state index < -0.39 is 6.10 Å². The summed E-state index contributed by atoms with van der Waals surface area (Å²) >= 11 is 6.05. The number of aliphatic hydroxyl groups excluding tert-OH is 1. The topological polar surface area (TPSA) is 20.2 Å². The summed E-state index contributed by atoms with van der Waals surface area (Å²) < 4.78 is 13.9. The van der Waals surface area contributed by atoms with Gasteiger partial charge in [-0.15, -0.1) is 0 Å². The third-order valence-electron chi connectivity index (χ3n) is 4.36. The minimum Gasteiger partial charge on any atom is -0.388 e. The summed E-state index contributed by atoms with van der Waals surface area (Å²) in [6.45, 7) is 0. The molecule has 110 valence electrons. The van der Waals surface area contributed by atoms with E-state index in [0.717, 1.165) is 5.56 Å². The molecule has 1 atom stereocenters. The second-order valence-electron chi connectivity index (χ2n) is 5.68. The van der Waals surface area contributed by atoms with Gasteiger partial charge in [-0.1, -0.05) is 48.4 Å². The highest BCUT2D eigenvalue weighted by molar-refractivity contribution is 6.31. The van der Waals surface area contributed by atoms with Gasteiger partial charge >= 0.3 is 0 Å². The van der Waals surface area contributed by atoms with Crippen LogP contribution < -0.4 is 0 Å². The Morgan fingerprint density at radius 2 is 1.90 bits per heavy atom. The van der Waals surface area contributed by atoms with Crippen LogP contribution in [0, 0.1) is 5.82 Å². The summed E-state index contributed by atoms with van der Waals surface area (Å²) in [4.78, 5) is 0. The van der Waals surface area contributed by atoms with Crippen molar-refractivity contribution in [2.24, 2.45) is 0 Å². The molecule has 1 nitrogen and oxygen atoms in total. The summed E-state index contributed by atoms with van der Waals surface area (Å²) in [6, 6.07) is 12.5. The highest BCUT2D eigenvalue weighted by Gasteiger charge is 2.25. The van der Waals surface area contributed by atoms with Gasteiger partial charge in [0, 0.05) is 17.0 Å². The first kappa shape index (κ1) is 14.6. The molecule has 1 N–H and O–H groups in total. The highest BCUT2D eigenvalue weighted by atomic mass is 35.5. The molecule has 0 aliphatic heterocycles. The first-order valence-corrected chi connectivity index (χ1v) is 7.74. The van der Waals surface area contributed by atoms with Crippen LogP contribution in [0.15, 0.2) is 42.5 Å². The Labute approximate surface area is 129 Å². The molecule has 1 aliphatic carbocycles. The van der Waals surface area contributed by atoms with E-state index in [2.05, 4.69) is 6.07 Å².